The van der Waals surface area contributed by atoms with Gasteiger partial charge in [-0.05, 0) is 44.0 Å². The van der Waals surface area contributed by atoms with Crippen LogP contribution in [0.25, 0.3) is 0 Å². The van der Waals surface area contributed by atoms with Crippen molar-refractivity contribution in [1.29, 1.82) is 0 Å². The fourth-order valence-electron chi connectivity index (χ4n) is 4.84. The van der Waals surface area contributed by atoms with Crippen molar-refractivity contribution in [1.82, 2.24) is 4.90 Å². The third-order valence-electron chi connectivity index (χ3n) is 6.01. The fourth-order valence-corrected chi connectivity index (χ4v) is 4.84. The van der Waals surface area contributed by atoms with Gasteiger partial charge in [-0.1, -0.05) is 30.3 Å². The molecule has 2 fully saturated rings. The van der Waals surface area contributed by atoms with Crippen molar-refractivity contribution in [2.45, 2.75) is 56.5 Å². The van der Waals surface area contributed by atoms with Gasteiger partial charge in [0.2, 0.25) is 0 Å². The molecule has 1 unspecified atom stereocenters. The average molecular weight is 405 g/mol. The number of nitrogens with zero attached hydrogens (tertiary/aromatic N) is 1. The summed E-state index contributed by atoms with van der Waals surface area (Å²) in [6, 6.07) is 16.0. The molecule has 0 aliphatic carbocycles. The lowest BCUT2D eigenvalue weighted by Crippen LogP contribution is -2.53. The highest BCUT2D eigenvalue weighted by molar-refractivity contribution is 5.35. The van der Waals surface area contributed by atoms with Crippen LogP contribution in [0.3, 0.4) is 0 Å². The zero-order chi connectivity index (χ0) is 20.5. The third kappa shape index (κ3) is 4.53. The number of ether oxygens (including phenoxy) is 2. The molecule has 0 saturated carbocycles. The van der Waals surface area contributed by atoms with E-state index in [1.54, 1.807) is 6.07 Å². The lowest BCUT2D eigenvalue weighted by molar-refractivity contribution is -0.139. The predicted molar refractivity (Wildman–Crippen MR) is 105 cm³/mol. The molecule has 2 aliphatic rings. The van der Waals surface area contributed by atoms with Gasteiger partial charge in [0.05, 0.1) is 5.56 Å². The van der Waals surface area contributed by atoms with Crippen molar-refractivity contribution < 1.29 is 22.6 Å². The Morgan fingerprint density at radius 1 is 0.966 bits per heavy atom. The van der Waals surface area contributed by atoms with Crippen LogP contribution in [0.5, 0.6) is 11.5 Å². The van der Waals surface area contributed by atoms with Gasteiger partial charge in [-0.2, -0.15) is 13.2 Å². The third-order valence-corrected chi connectivity index (χ3v) is 6.01. The number of piperidine rings is 1. The SMILES string of the molecule is CC1(Oc2ccccc2)C[C@H]2CC[C@@H](C1)N2CCOc1ccccc1C(F)(F)F. The molecule has 2 aliphatic heterocycles. The predicted octanol–water partition coefficient (Wildman–Crippen LogP) is 5.55. The molecular formula is C23H26F3NO2. The van der Waals surface area contributed by atoms with Crippen molar-refractivity contribution in [2.24, 2.45) is 0 Å². The quantitative estimate of drug-likeness (QED) is 0.629. The summed E-state index contributed by atoms with van der Waals surface area (Å²) in [5.41, 5.74) is -0.932. The molecule has 6 heteroatoms. The molecule has 0 amide bonds. The van der Waals surface area contributed by atoms with Crippen LogP contribution < -0.4 is 9.47 Å². The molecular weight excluding hydrogens is 379 g/mol. The fraction of sp³-hybridized carbons (Fsp3) is 0.478. The molecule has 0 N–H and O–H groups in total. The number of hydrogen-bond acceptors (Lipinski definition) is 3. The first-order valence-corrected chi connectivity index (χ1v) is 10.1. The van der Waals surface area contributed by atoms with Gasteiger partial charge in [0, 0.05) is 31.5 Å². The summed E-state index contributed by atoms with van der Waals surface area (Å²) in [5, 5.41) is 0. The first-order chi connectivity index (χ1) is 13.8. The van der Waals surface area contributed by atoms with E-state index in [2.05, 4.69) is 11.8 Å². The van der Waals surface area contributed by atoms with Crippen LogP contribution in [0.15, 0.2) is 54.6 Å². The Hall–Kier alpha value is -2.21. The smallest absolute Gasteiger partial charge is 0.419 e. The van der Waals surface area contributed by atoms with Gasteiger partial charge in [0.25, 0.3) is 0 Å². The Bertz CT molecular complexity index is 810. The summed E-state index contributed by atoms with van der Waals surface area (Å²) >= 11 is 0. The number of rotatable bonds is 6. The first-order valence-electron chi connectivity index (χ1n) is 10.1. The van der Waals surface area contributed by atoms with Gasteiger partial charge in [0.15, 0.2) is 0 Å². The van der Waals surface area contributed by atoms with Gasteiger partial charge < -0.3 is 9.47 Å². The van der Waals surface area contributed by atoms with E-state index in [4.69, 9.17) is 9.47 Å². The summed E-state index contributed by atoms with van der Waals surface area (Å²) in [7, 11) is 0. The maximum atomic E-state index is 13.1. The number of alkyl halides is 3. The minimum Gasteiger partial charge on any atom is -0.492 e. The van der Waals surface area contributed by atoms with E-state index in [9.17, 15) is 13.2 Å². The van der Waals surface area contributed by atoms with E-state index >= 15 is 0 Å². The Kier molecular flexibility index (Phi) is 5.47. The number of benzene rings is 2. The van der Waals surface area contributed by atoms with Crippen LogP contribution in [-0.2, 0) is 6.18 Å². The Morgan fingerprint density at radius 3 is 2.24 bits per heavy atom. The van der Waals surface area contributed by atoms with Crippen LogP contribution in [0, 0.1) is 0 Å². The maximum absolute atomic E-state index is 13.1. The molecule has 4 rings (SSSR count). The number of para-hydroxylation sites is 2. The van der Waals surface area contributed by atoms with Gasteiger partial charge in [0.1, 0.15) is 23.7 Å². The normalized spacial score (nSPS) is 27.0. The number of halogens is 3. The molecule has 3 nitrogen and oxygen atoms in total. The highest BCUT2D eigenvalue weighted by Crippen LogP contribution is 2.42. The molecule has 0 radical (unpaired) electrons. The molecule has 3 atom stereocenters. The van der Waals surface area contributed by atoms with Gasteiger partial charge in [-0.3, -0.25) is 4.90 Å². The zero-order valence-corrected chi connectivity index (χ0v) is 16.5. The van der Waals surface area contributed by atoms with Gasteiger partial charge in [-0.15, -0.1) is 0 Å². The highest BCUT2D eigenvalue weighted by Gasteiger charge is 2.47. The minimum absolute atomic E-state index is 0.0957. The second-order valence-corrected chi connectivity index (χ2v) is 8.24. The Balaban J connectivity index is 1.35. The van der Waals surface area contributed by atoms with Crippen molar-refractivity contribution >= 4 is 0 Å². The summed E-state index contributed by atoms with van der Waals surface area (Å²) in [4.78, 5) is 2.40. The van der Waals surface area contributed by atoms with E-state index in [1.807, 2.05) is 30.3 Å². The summed E-state index contributed by atoms with van der Waals surface area (Å²) in [5.74, 6) is 0.788. The summed E-state index contributed by atoms with van der Waals surface area (Å²) in [6.07, 6.45) is -0.387. The largest absolute Gasteiger partial charge is 0.492 e. The van der Waals surface area contributed by atoms with Crippen molar-refractivity contribution in [3.05, 3.63) is 60.2 Å². The van der Waals surface area contributed by atoms with E-state index in [0.29, 0.717) is 18.6 Å². The van der Waals surface area contributed by atoms with Crippen LogP contribution in [0.4, 0.5) is 13.2 Å². The molecule has 2 aromatic carbocycles. The summed E-state index contributed by atoms with van der Waals surface area (Å²) in [6.45, 7) is 3.04. The van der Waals surface area contributed by atoms with Crippen LogP contribution in [0.1, 0.15) is 38.2 Å². The van der Waals surface area contributed by atoms with Crippen LogP contribution in [0.2, 0.25) is 0 Å². The summed E-state index contributed by atoms with van der Waals surface area (Å²) < 4.78 is 51.2. The van der Waals surface area contributed by atoms with Crippen molar-refractivity contribution in [3.63, 3.8) is 0 Å². The lowest BCUT2D eigenvalue weighted by Gasteiger charge is -2.44. The van der Waals surface area contributed by atoms with Crippen LogP contribution in [-0.4, -0.2) is 35.7 Å². The molecule has 2 heterocycles. The molecule has 29 heavy (non-hydrogen) atoms. The van der Waals surface area contributed by atoms with Gasteiger partial charge in [-0.25, -0.2) is 0 Å². The zero-order valence-electron chi connectivity index (χ0n) is 16.5. The minimum atomic E-state index is -4.41. The molecule has 156 valence electrons. The van der Waals surface area contributed by atoms with Crippen LogP contribution >= 0.6 is 0 Å². The van der Waals surface area contributed by atoms with Crippen molar-refractivity contribution in [2.75, 3.05) is 13.2 Å². The first kappa shape index (κ1) is 20.1. The topological polar surface area (TPSA) is 21.7 Å². The Labute approximate surface area is 169 Å². The molecule has 0 aromatic heterocycles. The number of hydrogen-bond donors (Lipinski definition) is 0. The lowest BCUT2D eigenvalue weighted by atomic mass is 9.87. The van der Waals surface area contributed by atoms with E-state index in [0.717, 1.165) is 37.5 Å². The molecule has 0 spiro atoms. The molecule has 2 saturated heterocycles. The van der Waals surface area contributed by atoms with Gasteiger partial charge >= 0.3 is 6.18 Å². The average Bonchev–Trinajstić information content (AvgIpc) is 2.93. The van der Waals surface area contributed by atoms with E-state index < -0.39 is 11.7 Å². The maximum Gasteiger partial charge on any atom is 0.419 e. The second-order valence-electron chi connectivity index (χ2n) is 8.24. The number of fused-ring (bicyclic) bond motifs is 2. The Morgan fingerprint density at radius 2 is 1.59 bits per heavy atom. The van der Waals surface area contributed by atoms with E-state index in [-0.39, 0.29) is 18.0 Å². The standard InChI is InChI=1S/C23H26F3NO2/c1-22(29-19-7-3-2-4-8-19)15-17-11-12-18(16-22)27(17)13-14-28-21-10-6-5-9-20(21)23(24,25)26/h2-10,17-18H,11-16H2,1H3/t17-,18+,22?. The molecule has 2 bridgehead atoms. The second kappa shape index (κ2) is 7.90. The monoisotopic (exact) mass is 405 g/mol. The molecule has 2 aromatic rings. The highest BCUT2D eigenvalue weighted by atomic mass is 19.4. The van der Waals surface area contributed by atoms with E-state index in [1.165, 1.54) is 12.1 Å². The van der Waals surface area contributed by atoms with Crippen molar-refractivity contribution in [3.8, 4) is 11.5 Å².